The molecule has 1 saturated heterocycles. The van der Waals surface area contributed by atoms with E-state index in [-0.39, 0.29) is 24.2 Å². The lowest BCUT2D eigenvalue weighted by molar-refractivity contribution is -0.120. The fraction of sp³-hybridized carbons (Fsp3) is 0.632. The molecule has 0 spiro atoms. The summed E-state index contributed by atoms with van der Waals surface area (Å²) in [6.07, 6.45) is 1.85. The molecule has 1 aliphatic heterocycles. The summed E-state index contributed by atoms with van der Waals surface area (Å²) in [5.41, 5.74) is 3.55. The van der Waals surface area contributed by atoms with Gasteiger partial charge < -0.3 is 10.6 Å². The molecule has 2 rings (SSSR count). The molecule has 0 radical (unpaired) electrons. The Balaban J connectivity index is 0.00000264. The average molecular weight is 339 g/mol. The predicted octanol–water partition coefficient (Wildman–Crippen LogP) is 4.68. The molecule has 1 fully saturated rings. The molecule has 1 heterocycles. The van der Waals surface area contributed by atoms with E-state index >= 15 is 0 Å². The van der Waals surface area contributed by atoms with Crippen molar-refractivity contribution < 1.29 is 4.79 Å². The third-order valence-corrected chi connectivity index (χ3v) is 4.62. The molecule has 1 aliphatic rings. The minimum atomic E-state index is 0. The summed E-state index contributed by atoms with van der Waals surface area (Å²) < 4.78 is 0. The highest BCUT2D eigenvalue weighted by molar-refractivity contribution is 5.93. The van der Waals surface area contributed by atoms with E-state index in [1.165, 1.54) is 11.1 Å². The highest BCUT2D eigenvalue weighted by atomic mass is 35.5. The van der Waals surface area contributed by atoms with Crippen LogP contribution in [0.5, 0.6) is 0 Å². The van der Waals surface area contributed by atoms with Gasteiger partial charge in [0.2, 0.25) is 5.91 Å². The summed E-state index contributed by atoms with van der Waals surface area (Å²) in [7, 11) is 0. The van der Waals surface area contributed by atoms with Gasteiger partial charge in [-0.05, 0) is 55.3 Å². The first-order valence-electron chi connectivity index (χ1n) is 8.56. The third kappa shape index (κ3) is 5.22. The lowest BCUT2D eigenvalue weighted by atomic mass is 9.91. The summed E-state index contributed by atoms with van der Waals surface area (Å²) in [6, 6.07) is 6.89. The highest BCUT2D eigenvalue weighted by Gasteiger charge is 2.25. The maximum atomic E-state index is 12.6. The summed E-state index contributed by atoms with van der Waals surface area (Å²) in [4.78, 5) is 12.6. The second-order valence-electron chi connectivity index (χ2n) is 7.22. The molecule has 0 saturated carbocycles. The van der Waals surface area contributed by atoms with E-state index in [1.54, 1.807) is 0 Å². The fourth-order valence-corrected chi connectivity index (χ4v) is 3.14. The summed E-state index contributed by atoms with van der Waals surface area (Å²) >= 11 is 0. The van der Waals surface area contributed by atoms with Crippen LogP contribution in [-0.2, 0) is 4.79 Å². The van der Waals surface area contributed by atoms with Gasteiger partial charge in [0.15, 0.2) is 0 Å². The van der Waals surface area contributed by atoms with Crippen LogP contribution in [0.4, 0.5) is 5.69 Å². The third-order valence-electron chi connectivity index (χ3n) is 4.62. The number of amides is 1. The van der Waals surface area contributed by atoms with Crippen molar-refractivity contribution in [3.05, 3.63) is 29.3 Å². The van der Waals surface area contributed by atoms with Gasteiger partial charge in [-0.15, -0.1) is 12.4 Å². The zero-order chi connectivity index (χ0) is 16.3. The Morgan fingerprint density at radius 1 is 1.22 bits per heavy atom. The molecular formula is C19H31ClN2O. The van der Waals surface area contributed by atoms with E-state index in [0.29, 0.717) is 17.9 Å². The first-order chi connectivity index (χ1) is 10.4. The number of carbonyl (C=O) groups is 1. The smallest absolute Gasteiger partial charge is 0.227 e. The predicted molar refractivity (Wildman–Crippen MR) is 101 cm³/mol. The van der Waals surface area contributed by atoms with Crippen molar-refractivity contribution in [2.24, 2.45) is 5.92 Å². The molecule has 0 unspecified atom stereocenters. The van der Waals surface area contributed by atoms with Crippen molar-refractivity contribution >= 4 is 24.0 Å². The maximum Gasteiger partial charge on any atom is 0.227 e. The number of piperidine rings is 1. The van der Waals surface area contributed by atoms with Gasteiger partial charge in [0.05, 0.1) is 0 Å². The van der Waals surface area contributed by atoms with Crippen LogP contribution in [0.1, 0.15) is 70.4 Å². The van der Waals surface area contributed by atoms with E-state index in [4.69, 9.17) is 0 Å². The Kier molecular flexibility index (Phi) is 7.56. The molecule has 4 heteroatoms. The molecule has 1 aromatic carbocycles. The van der Waals surface area contributed by atoms with Crippen LogP contribution in [0.2, 0.25) is 0 Å². The summed E-state index contributed by atoms with van der Waals surface area (Å²) in [6.45, 7) is 11.9. The number of carbonyl (C=O) groups excluding carboxylic acids is 1. The van der Waals surface area contributed by atoms with Gasteiger partial charge in [-0.2, -0.15) is 0 Å². The zero-order valence-corrected chi connectivity index (χ0v) is 15.8. The largest absolute Gasteiger partial charge is 0.326 e. The van der Waals surface area contributed by atoms with Crippen LogP contribution < -0.4 is 10.6 Å². The van der Waals surface area contributed by atoms with Gasteiger partial charge in [-0.25, -0.2) is 0 Å². The normalized spacial score (nSPS) is 21.2. The molecule has 23 heavy (non-hydrogen) atoms. The molecule has 0 aliphatic carbocycles. The van der Waals surface area contributed by atoms with Crippen molar-refractivity contribution in [1.29, 1.82) is 0 Å². The number of benzene rings is 1. The van der Waals surface area contributed by atoms with Crippen LogP contribution in [-0.4, -0.2) is 18.5 Å². The number of hydrogen-bond donors (Lipinski definition) is 2. The van der Waals surface area contributed by atoms with Gasteiger partial charge in [-0.3, -0.25) is 4.79 Å². The first-order valence-corrected chi connectivity index (χ1v) is 8.56. The average Bonchev–Trinajstić information content (AvgIpc) is 2.47. The Bertz CT molecular complexity index is 528. The van der Waals surface area contributed by atoms with Crippen molar-refractivity contribution in [3.8, 4) is 0 Å². The molecule has 130 valence electrons. The van der Waals surface area contributed by atoms with Crippen LogP contribution in [0, 0.1) is 5.92 Å². The number of halogens is 1. The Labute approximate surface area is 147 Å². The SMILES string of the molecule is CC(C)c1ccc(NC(=O)[C@H]2CCN[C@@H](C)C2)c(C(C)C)c1.Cl. The maximum absolute atomic E-state index is 12.6. The van der Waals surface area contributed by atoms with Gasteiger partial charge in [0, 0.05) is 17.6 Å². The number of nitrogens with one attached hydrogen (secondary N) is 2. The van der Waals surface area contributed by atoms with Crippen LogP contribution in [0.15, 0.2) is 18.2 Å². The molecule has 3 nitrogen and oxygen atoms in total. The van der Waals surface area contributed by atoms with Crippen molar-refractivity contribution in [2.45, 2.75) is 65.3 Å². The minimum absolute atomic E-state index is 0. The first kappa shape index (κ1) is 20.0. The van der Waals surface area contributed by atoms with Gasteiger partial charge in [0.25, 0.3) is 0 Å². The Morgan fingerprint density at radius 2 is 1.91 bits per heavy atom. The molecule has 2 N–H and O–H groups in total. The minimum Gasteiger partial charge on any atom is -0.326 e. The lowest BCUT2D eigenvalue weighted by Gasteiger charge is -2.27. The molecule has 0 bridgehead atoms. The van der Waals surface area contributed by atoms with Gasteiger partial charge in [0.1, 0.15) is 0 Å². The second kappa shape index (κ2) is 8.70. The zero-order valence-electron chi connectivity index (χ0n) is 15.0. The van der Waals surface area contributed by atoms with Crippen LogP contribution in [0.3, 0.4) is 0 Å². The molecule has 0 aromatic heterocycles. The van der Waals surface area contributed by atoms with E-state index < -0.39 is 0 Å². The van der Waals surface area contributed by atoms with E-state index in [9.17, 15) is 4.79 Å². The molecular weight excluding hydrogens is 308 g/mol. The van der Waals surface area contributed by atoms with E-state index in [1.807, 2.05) is 0 Å². The molecule has 1 amide bonds. The monoisotopic (exact) mass is 338 g/mol. The number of anilines is 1. The van der Waals surface area contributed by atoms with Crippen LogP contribution >= 0.6 is 12.4 Å². The summed E-state index contributed by atoms with van der Waals surface area (Å²) in [5, 5.41) is 6.58. The highest BCUT2D eigenvalue weighted by Crippen LogP contribution is 2.29. The van der Waals surface area contributed by atoms with E-state index in [0.717, 1.165) is 25.1 Å². The topological polar surface area (TPSA) is 41.1 Å². The molecule has 2 atom stereocenters. The fourth-order valence-electron chi connectivity index (χ4n) is 3.14. The quantitative estimate of drug-likeness (QED) is 0.836. The lowest BCUT2D eigenvalue weighted by Crippen LogP contribution is -2.40. The van der Waals surface area contributed by atoms with Crippen LogP contribution in [0.25, 0.3) is 0 Å². The summed E-state index contributed by atoms with van der Waals surface area (Å²) in [5.74, 6) is 1.21. The van der Waals surface area contributed by atoms with Gasteiger partial charge in [-0.1, -0.05) is 39.8 Å². The Morgan fingerprint density at radius 3 is 2.48 bits per heavy atom. The Hall–Kier alpha value is -1.06. The van der Waals surface area contributed by atoms with Crippen molar-refractivity contribution in [3.63, 3.8) is 0 Å². The second-order valence-corrected chi connectivity index (χ2v) is 7.22. The number of rotatable bonds is 4. The van der Waals surface area contributed by atoms with Crippen molar-refractivity contribution in [1.82, 2.24) is 5.32 Å². The molecule has 1 aromatic rings. The van der Waals surface area contributed by atoms with Crippen molar-refractivity contribution in [2.75, 3.05) is 11.9 Å². The standard InChI is InChI=1S/C19H30N2O.ClH/c1-12(2)15-6-7-18(17(11-15)13(3)4)21-19(22)16-8-9-20-14(5)10-16;/h6-7,11-14,16,20H,8-10H2,1-5H3,(H,21,22);1H/t14-,16-;/m0./s1. The van der Waals surface area contributed by atoms with Gasteiger partial charge >= 0.3 is 0 Å². The van der Waals surface area contributed by atoms with E-state index in [2.05, 4.69) is 63.5 Å². The number of hydrogen-bond acceptors (Lipinski definition) is 2.